The molecule has 4 heteroatoms. The summed E-state index contributed by atoms with van der Waals surface area (Å²) in [6, 6.07) is 8.00. The summed E-state index contributed by atoms with van der Waals surface area (Å²) in [7, 11) is 1.64. The average molecular weight is 204 g/mol. The normalized spacial score (nSPS) is 10.2. The molecule has 15 heavy (non-hydrogen) atoms. The van der Waals surface area contributed by atoms with Crippen LogP contribution >= 0.6 is 0 Å². The molecule has 0 atom stereocenters. The molecule has 2 N–H and O–H groups in total. The Kier molecular flexibility index (Phi) is 2.58. The van der Waals surface area contributed by atoms with E-state index >= 15 is 0 Å². The van der Waals surface area contributed by atoms with E-state index in [9.17, 15) is 0 Å². The Morgan fingerprint density at radius 3 is 2.60 bits per heavy atom. The van der Waals surface area contributed by atoms with Crippen molar-refractivity contribution in [1.82, 2.24) is 4.98 Å². The van der Waals surface area contributed by atoms with E-state index in [2.05, 4.69) is 4.98 Å². The summed E-state index contributed by atoms with van der Waals surface area (Å²) < 4.78 is 10.2. The third-order valence-electron chi connectivity index (χ3n) is 2.11. The maximum Gasteiger partial charge on any atom is 0.292 e. The lowest BCUT2D eigenvalue weighted by Crippen LogP contribution is -1.87. The fourth-order valence-corrected chi connectivity index (χ4v) is 1.35. The molecule has 0 aliphatic rings. The van der Waals surface area contributed by atoms with E-state index in [1.54, 1.807) is 13.3 Å². The van der Waals surface area contributed by atoms with Gasteiger partial charge in [-0.15, -0.1) is 0 Å². The van der Waals surface area contributed by atoms with Gasteiger partial charge in [-0.25, -0.2) is 4.98 Å². The molecule has 0 spiro atoms. The van der Waals surface area contributed by atoms with Gasteiger partial charge in [0.15, 0.2) is 0 Å². The molecule has 0 bridgehead atoms. The highest BCUT2D eigenvalue weighted by Gasteiger charge is 2.02. The molecule has 0 radical (unpaired) electrons. The highest BCUT2D eigenvalue weighted by molar-refractivity contribution is 5.29. The number of hydrogen-bond donors (Lipinski definition) is 1. The van der Waals surface area contributed by atoms with E-state index < -0.39 is 0 Å². The Morgan fingerprint density at radius 2 is 2.07 bits per heavy atom. The van der Waals surface area contributed by atoms with Crippen LogP contribution < -0.4 is 10.5 Å². The first-order valence-electron chi connectivity index (χ1n) is 4.61. The minimum atomic E-state index is 0.207. The summed E-state index contributed by atoms with van der Waals surface area (Å²) in [6.45, 7) is 0. The second-order valence-electron chi connectivity index (χ2n) is 3.19. The third kappa shape index (κ3) is 2.28. The number of rotatable bonds is 3. The average Bonchev–Trinajstić information content (AvgIpc) is 2.65. The highest BCUT2D eigenvalue weighted by atomic mass is 16.5. The van der Waals surface area contributed by atoms with Crippen molar-refractivity contribution in [2.75, 3.05) is 12.8 Å². The van der Waals surface area contributed by atoms with E-state index in [4.69, 9.17) is 14.9 Å². The summed E-state index contributed by atoms with van der Waals surface area (Å²) in [4.78, 5) is 3.83. The van der Waals surface area contributed by atoms with Gasteiger partial charge in [-0.3, -0.25) is 0 Å². The minimum Gasteiger partial charge on any atom is -0.497 e. The number of hydrogen-bond acceptors (Lipinski definition) is 4. The van der Waals surface area contributed by atoms with Crippen LogP contribution in [0.15, 0.2) is 34.9 Å². The number of anilines is 1. The van der Waals surface area contributed by atoms with Gasteiger partial charge in [-0.05, 0) is 17.7 Å². The fraction of sp³-hybridized carbons (Fsp3) is 0.182. The largest absolute Gasteiger partial charge is 0.497 e. The van der Waals surface area contributed by atoms with Gasteiger partial charge in [0, 0.05) is 6.42 Å². The van der Waals surface area contributed by atoms with E-state index in [0.717, 1.165) is 17.1 Å². The third-order valence-corrected chi connectivity index (χ3v) is 2.11. The van der Waals surface area contributed by atoms with E-state index in [-0.39, 0.29) is 6.01 Å². The van der Waals surface area contributed by atoms with Crippen molar-refractivity contribution in [3.05, 3.63) is 41.8 Å². The molecule has 2 rings (SSSR count). The van der Waals surface area contributed by atoms with Crippen LogP contribution in [0.1, 0.15) is 11.3 Å². The monoisotopic (exact) mass is 204 g/mol. The first-order valence-corrected chi connectivity index (χ1v) is 4.61. The molecule has 0 aliphatic carbocycles. The Bertz CT molecular complexity index is 434. The standard InChI is InChI=1S/C11H12N2O2/c1-14-9-4-2-8(3-5-9)6-10-7-13-11(12)15-10/h2-5,7H,6H2,1H3,(H2,12,13). The fourth-order valence-electron chi connectivity index (χ4n) is 1.35. The number of ether oxygens (including phenoxy) is 1. The summed E-state index contributed by atoms with van der Waals surface area (Å²) in [5.74, 6) is 1.61. The summed E-state index contributed by atoms with van der Waals surface area (Å²) in [5.41, 5.74) is 6.51. The maximum atomic E-state index is 5.38. The van der Waals surface area contributed by atoms with Crippen molar-refractivity contribution in [2.24, 2.45) is 0 Å². The van der Waals surface area contributed by atoms with Gasteiger partial charge in [-0.1, -0.05) is 12.1 Å². The Labute approximate surface area is 87.7 Å². The molecule has 0 saturated carbocycles. The minimum absolute atomic E-state index is 0.207. The molecule has 2 aromatic rings. The summed E-state index contributed by atoms with van der Waals surface area (Å²) >= 11 is 0. The van der Waals surface area contributed by atoms with E-state index in [1.165, 1.54) is 0 Å². The van der Waals surface area contributed by atoms with Gasteiger partial charge in [0.1, 0.15) is 11.5 Å². The van der Waals surface area contributed by atoms with Crippen molar-refractivity contribution < 1.29 is 9.15 Å². The first-order chi connectivity index (χ1) is 7.28. The van der Waals surface area contributed by atoms with Crippen LogP contribution in [-0.4, -0.2) is 12.1 Å². The number of nitrogens with zero attached hydrogens (tertiary/aromatic N) is 1. The van der Waals surface area contributed by atoms with Crippen molar-refractivity contribution in [1.29, 1.82) is 0 Å². The predicted molar refractivity (Wildman–Crippen MR) is 56.7 cm³/mol. The first kappa shape index (κ1) is 9.58. The van der Waals surface area contributed by atoms with Crippen LogP contribution in [0, 0.1) is 0 Å². The lowest BCUT2D eigenvalue weighted by Gasteiger charge is -2.01. The van der Waals surface area contributed by atoms with Gasteiger partial charge in [0.25, 0.3) is 6.01 Å². The number of nitrogen functional groups attached to an aromatic ring is 1. The zero-order chi connectivity index (χ0) is 10.7. The molecule has 4 nitrogen and oxygen atoms in total. The molecular weight excluding hydrogens is 192 g/mol. The molecule has 0 amide bonds. The second kappa shape index (κ2) is 4.04. The van der Waals surface area contributed by atoms with Gasteiger partial charge in [0.05, 0.1) is 13.3 Å². The van der Waals surface area contributed by atoms with Gasteiger partial charge in [-0.2, -0.15) is 0 Å². The molecule has 1 heterocycles. The van der Waals surface area contributed by atoms with E-state index in [0.29, 0.717) is 6.42 Å². The number of nitrogens with two attached hydrogens (primary N) is 1. The number of benzene rings is 1. The summed E-state index contributed by atoms with van der Waals surface area (Å²) in [5, 5.41) is 0. The highest BCUT2D eigenvalue weighted by Crippen LogP contribution is 2.15. The van der Waals surface area contributed by atoms with Crippen LogP contribution in [-0.2, 0) is 6.42 Å². The van der Waals surface area contributed by atoms with Gasteiger partial charge < -0.3 is 14.9 Å². The zero-order valence-electron chi connectivity index (χ0n) is 8.43. The smallest absolute Gasteiger partial charge is 0.292 e. The number of methoxy groups -OCH3 is 1. The number of oxazole rings is 1. The molecule has 0 aliphatic heterocycles. The summed E-state index contributed by atoms with van der Waals surface area (Å²) in [6.07, 6.45) is 2.33. The number of aromatic nitrogens is 1. The molecule has 1 aromatic carbocycles. The molecule has 0 saturated heterocycles. The van der Waals surface area contributed by atoms with Crippen molar-refractivity contribution in [3.63, 3.8) is 0 Å². The lowest BCUT2D eigenvalue weighted by molar-refractivity contribution is 0.414. The molecule has 78 valence electrons. The Morgan fingerprint density at radius 1 is 1.33 bits per heavy atom. The van der Waals surface area contributed by atoms with Crippen LogP contribution in [0.2, 0.25) is 0 Å². The Hall–Kier alpha value is -1.97. The van der Waals surface area contributed by atoms with Crippen molar-refractivity contribution in [3.8, 4) is 5.75 Å². The predicted octanol–water partition coefficient (Wildman–Crippen LogP) is 1.86. The van der Waals surface area contributed by atoms with Crippen molar-refractivity contribution in [2.45, 2.75) is 6.42 Å². The van der Waals surface area contributed by atoms with E-state index in [1.807, 2.05) is 24.3 Å². The molecule has 1 aromatic heterocycles. The lowest BCUT2D eigenvalue weighted by atomic mass is 10.1. The van der Waals surface area contributed by atoms with Crippen LogP contribution in [0.5, 0.6) is 5.75 Å². The topological polar surface area (TPSA) is 61.3 Å². The van der Waals surface area contributed by atoms with Gasteiger partial charge in [0.2, 0.25) is 0 Å². The second-order valence-corrected chi connectivity index (χ2v) is 3.19. The zero-order valence-corrected chi connectivity index (χ0v) is 8.43. The van der Waals surface area contributed by atoms with Crippen molar-refractivity contribution >= 4 is 6.01 Å². The van der Waals surface area contributed by atoms with Crippen LogP contribution in [0.4, 0.5) is 6.01 Å². The van der Waals surface area contributed by atoms with Gasteiger partial charge >= 0.3 is 0 Å². The maximum absolute atomic E-state index is 5.38. The molecular formula is C11H12N2O2. The molecule has 0 unspecified atom stereocenters. The quantitative estimate of drug-likeness (QED) is 0.828. The Balaban J connectivity index is 2.11. The SMILES string of the molecule is COc1ccc(Cc2cnc(N)o2)cc1. The van der Waals surface area contributed by atoms with Crippen LogP contribution in [0.3, 0.4) is 0 Å². The van der Waals surface area contributed by atoms with Crippen LogP contribution in [0.25, 0.3) is 0 Å². The molecule has 0 fully saturated rings.